The SMILES string of the molecule is CC(C)(C)c1cn2cc(N3CCN(C(=O)c4cc(-c5cccnc5)on4)CC3)ccc2n1. The van der Waals surface area contributed by atoms with Gasteiger partial charge in [-0.25, -0.2) is 4.98 Å². The predicted molar refractivity (Wildman–Crippen MR) is 122 cm³/mol. The second kappa shape index (κ2) is 7.78. The second-order valence-electron chi connectivity index (χ2n) is 9.13. The maximum absolute atomic E-state index is 12.9. The van der Waals surface area contributed by atoms with Gasteiger partial charge in [-0.2, -0.15) is 0 Å². The first-order chi connectivity index (χ1) is 15.4. The number of amides is 1. The zero-order valence-corrected chi connectivity index (χ0v) is 18.5. The number of pyridine rings is 2. The monoisotopic (exact) mass is 430 g/mol. The summed E-state index contributed by atoms with van der Waals surface area (Å²) in [6.07, 6.45) is 7.60. The predicted octanol–water partition coefficient (Wildman–Crippen LogP) is 3.64. The van der Waals surface area contributed by atoms with Crippen LogP contribution in [0.4, 0.5) is 5.69 Å². The van der Waals surface area contributed by atoms with Crippen molar-refractivity contribution in [1.29, 1.82) is 0 Å². The van der Waals surface area contributed by atoms with Gasteiger partial charge in [0.25, 0.3) is 5.91 Å². The van der Waals surface area contributed by atoms with E-state index in [-0.39, 0.29) is 11.3 Å². The third-order valence-electron chi connectivity index (χ3n) is 5.81. The number of piperazine rings is 1. The summed E-state index contributed by atoms with van der Waals surface area (Å²) in [7, 11) is 0. The van der Waals surface area contributed by atoms with E-state index >= 15 is 0 Å². The Morgan fingerprint density at radius 3 is 2.59 bits per heavy atom. The average molecular weight is 431 g/mol. The highest BCUT2D eigenvalue weighted by Gasteiger charge is 2.25. The van der Waals surface area contributed by atoms with Crippen LogP contribution in [-0.2, 0) is 5.41 Å². The van der Waals surface area contributed by atoms with Gasteiger partial charge in [-0.15, -0.1) is 0 Å². The number of carbonyl (C=O) groups is 1. The van der Waals surface area contributed by atoms with E-state index < -0.39 is 0 Å². The highest BCUT2D eigenvalue weighted by molar-refractivity contribution is 5.93. The Hall–Kier alpha value is -3.68. The third-order valence-corrected chi connectivity index (χ3v) is 5.81. The molecule has 0 aromatic carbocycles. The van der Waals surface area contributed by atoms with Crippen molar-refractivity contribution in [2.75, 3.05) is 31.1 Å². The van der Waals surface area contributed by atoms with Crippen LogP contribution in [-0.4, -0.2) is 56.5 Å². The normalized spacial score (nSPS) is 14.8. The summed E-state index contributed by atoms with van der Waals surface area (Å²) in [4.78, 5) is 25.9. The summed E-state index contributed by atoms with van der Waals surface area (Å²) in [5.41, 5.74) is 4.28. The Morgan fingerprint density at radius 1 is 1.06 bits per heavy atom. The highest BCUT2D eigenvalue weighted by atomic mass is 16.5. The minimum atomic E-state index is -0.108. The fourth-order valence-electron chi connectivity index (χ4n) is 3.88. The molecule has 32 heavy (non-hydrogen) atoms. The minimum absolute atomic E-state index is 0.0101. The zero-order valence-electron chi connectivity index (χ0n) is 18.5. The van der Waals surface area contributed by atoms with Crippen molar-refractivity contribution in [2.24, 2.45) is 0 Å². The number of imidazole rings is 1. The molecule has 5 rings (SSSR count). The molecule has 0 saturated carbocycles. The fraction of sp³-hybridized carbons (Fsp3) is 0.333. The number of carbonyl (C=O) groups excluding carboxylic acids is 1. The molecule has 4 aromatic heterocycles. The van der Waals surface area contributed by atoms with E-state index in [4.69, 9.17) is 9.51 Å². The topological polar surface area (TPSA) is 79.8 Å². The molecular formula is C24H26N6O2. The average Bonchev–Trinajstić information content (AvgIpc) is 3.46. The Labute approximate surface area is 186 Å². The maximum Gasteiger partial charge on any atom is 0.276 e. The second-order valence-corrected chi connectivity index (χ2v) is 9.13. The van der Waals surface area contributed by atoms with Crippen LogP contribution < -0.4 is 4.90 Å². The summed E-state index contributed by atoms with van der Waals surface area (Å²) >= 11 is 0. The summed E-state index contributed by atoms with van der Waals surface area (Å²) < 4.78 is 7.45. The first-order valence-corrected chi connectivity index (χ1v) is 10.8. The molecule has 8 nitrogen and oxygen atoms in total. The van der Waals surface area contributed by atoms with Crippen molar-refractivity contribution >= 4 is 17.2 Å². The number of aromatic nitrogens is 4. The van der Waals surface area contributed by atoms with Crippen molar-refractivity contribution < 1.29 is 9.32 Å². The van der Waals surface area contributed by atoms with E-state index in [2.05, 4.69) is 64.7 Å². The van der Waals surface area contributed by atoms with Crippen LogP contribution in [0.5, 0.6) is 0 Å². The number of anilines is 1. The van der Waals surface area contributed by atoms with Crippen molar-refractivity contribution in [3.05, 3.63) is 66.5 Å². The molecule has 0 radical (unpaired) electrons. The van der Waals surface area contributed by atoms with Gasteiger partial charge >= 0.3 is 0 Å². The summed E-state index contributed by atoms with van der Waals surface area (Å²) in [6.45, 7) is 9.27. The van der Waals surface area contributed by atoms with E-state index in [0.717, 1.165) is 35.7 Å². The van der Waals surface area contributed by atoms with Gasteiger partial charge in [0.15, 0.2) is 11.5 Å². The van der Waals surface area contributed by atoms with E-state index in [1.807, 2.05) is 17.0 Å². The number of fused-ring (bicyclic) bond motifs is 1. The van der Waals surface area contributed by atoms with Crippen LogP contribution >= 0.6 is 0 Å². The van der Waals surface area contributed by atoms with E-state index in [9.17, 15) is 4.79 Å². The molecule has 5 heterocycles. The van der Waals surface area contributed by atoms with Crippen LogP contribution in [0.25, 0.3) is 17.0 Å². The van der Waals surface area contributed by atoms with Gasteiger partial charge in [0.05, 0.1) is 11.4 Å². The molecule has 0 N–H and O–H groups in total. The summed E-state index contributed by atoms with van der Waals surface area (Å²) in [6, 6.07) is 9.54. The van der Waals surface area contributed by atoms with Crippen molar-refractivity contribution in [2.45, 2.75) is 26.2 Å². The molecule has 0 aliphatic carbocycles. The molecular weight excluding hydrogens is 404 g/mol. The van der Waals surface area contributed by atoms with E-state index in [1.165, 1.54) is 0 Å². The Balaban J connectivity index is 1.26. The third kappa shape index (κ3) is 3.84. The van der Waals surface area contributed by atoms with Crippen molar-refractivity contribution in [1.82, 2.24) is 24.4 Å². The Bertz CT molecular complexity index is 1250. The fourth-order valence-corrected chi connectivity index (χ4v) is 3.88. The van der Waals surface area contributed by atoms with Gasteiger partial charge in [0, 0.05) is 68.0 Å². The minimum Gasteiger partial charge on any atom is -0.367 e. The first kappa shape index (κ1) is 20.2. The molecule has 0 spiro atoms. The van der Waals surface area contributed by atoms with E-state index in [1.54, 1.807) is 18.5 Å². The lowest BCUT2D eigenvalue weighted by Crippen LogP contribution is -2.48. The van der Waals surface area contributed by atoms with Crippen LogP contribution in [0.1, 0.15) is 37.0 Å². The molecule has 1 fully saturated rings. The highest BCUT2D eigenvalue weighted by Crippen LogP contribution is 2.25. The Kier molecular flexibility index (Phi) is 4.92. The lowest BCUT2D eigenvalue weighted by Gasteiger charge is -2.35. The standard InChI is InChI=1S/C24H26N6O2/c1-24(2,3)21-16-30-15-18(6-7-22(30)26-21)28-9-11-29(12-10-28)23(31)19-13-20(32-27-19)17-5-4-8-25-14-17/h4-8,13-16H,9-12H2,1-3H3. The van der Waals surface area contributed by atoms with Gasteiger partial charge in [-0.05, 0) is 24.3 Å². The molecule has 1 aliphatic rings. The quantitative estimate of drug-likeness (QED) is 0.494. The number of nitrogens with zero attached hydrogens (tertiary/aromatic N) is 6. The Morgan fingerprint density at radius 2 is 1.88 bits per heavy atom. The first-order valence-electron chi connectivity index (χ1n) is 10.8. The van der Waals surface area contributed by atoms with Crippen molar-refractivity contribution in [3.8, 4) is 11.3 Å². The molecule has 0 atom stereocenters. The van der Waals surface area contributed by atoms with Crippen molar-refractivity contribution in [3.63, 3.8) is 0 Å². The summed E-state index contributed by atoms with van der Waals surface area (Å²) in [5, 5.41) is 3.98. The van der Waals surface area contributed by atoms with Crippen LogP contribution in [0.15, 0.2) is 59.6 Å². The molecule has 4 aromatic rings. The van der Waals surface area contributed by atoms with Gasteiger partial charge in [0.1, 0.15) is 5.65 Å². The molecule has 1 saturated heterocycles. The lowest BCUT2D eigenvalue weighted by molar-refractivity contribution is 0.0736. The van der Waals surface area contributed by atoms with Gasteiger partial charge in [-0.1, -0.05) is 25.9 Å². The molecule has 0 bridgehead atoms. The molecule has 1 aliphatic heterocycles. The van der Waals surface area contributed by atoms with Crippen LogP contribution in [0.3, 0.4) is 0 Å². The maximum atomic E-state index is 12.9. The molecule has 0 unspecified atom stereocenters. The number of rotatable bonds is 3. The molecule has 164 valence electrons. The molecule has 1 amide bonds. The zero-order chi connectivity index (χ0) is 22.3. The van der Waals surface area contributed by atoms with Gasteiger partial charge in [-0.3, -0.25) is 9.78 Å². The lowest BCUT2D eigenvalue weighted by atomic mass is 9.93. The summed E-state index contributed by atoms with van der Waals surface area (Å²) in [5.74, 6) is 0.437. The van der Waals surface area contributed by atoms with Gasteiger partial charge in [0.2, 0.25) is 0 Å². The van der Waals surface area contributed by atoms with Gasteiger partial charge < -0.3 is 18.7 Å². The number of hydrogen-bond donors (Lipinski definition) is 0. The molecule has 8 heteroatoms. The number of hydrogen-bond acceptors (Lipinski definition) is 6. The smallest absolute Gasteiger partial charge is 0.276 e. The van der Waals surface area contributed by atoms with Crippen LogP contribution in [0.2, 0.25) is 0 Å². The van der Waals surface area contributed by atoms with Crippen LogP contribution in [0, 0.1) is 0 Å². The largest absolute Gasteiger partial charge is 0.367 e. The van der Waals surface area contributed by atoms with E-state index in [0.29, 0.717) is 24.5 Å².